The number of nitrogens with zero attached hydrogens (tertiary/aromatic N) is 2. The molecule has 0 heterocycles. The number of aliphatic hydroxyl groups is 1. The van der Waals surface area contributed by atoms with Crippen molar-refractivity contribution in [3.05, 3.63) is 52.9 Å². The molecule has 0 amide bonds. The van der Waals surface area contributed by atoms with Gasteiger partial charge in [-0.25, -0.2) is 0 Å². The highest BCUT2D eigenvalue weighted by atomic mass is 16.2. The molecule has 1 rings (SSSR count). The fraction of sp³-hybridized carbons (Fsp3) is 0.0909. The van der Waals surface area contributed by atoms with Gasteiger partial charge in [0.2, 0.25) is 0 Å². The summed E-state index contributed by atoms with van der Waals surface area (Å²) in [6.07, 6.45) is 0.987. The van der Waals surface area contributed by atoms with Gasteiger partial charge in [0, 0.05) is 0 Å². The first-order valence-electron chi connectivity index (χ1n) is 3.93. The molecule has 0 spiro atoms. The molecule has 0 fully saturated rings. The standard InChI is InChI=1S/C11H8N2O/c1-8(7-14)9-4-5-10(12-2)11(6-9)13-3/h4-7,14H,1H3. The zero-order valence-electron chi connectivity index (χ0n) is 7.65. The number of benzene rings is 1. The van der Waals surface area contributed by atoms with E-state index in [0.717, 1.165) is 11.8 Å². The molecule has 0 saturated heterocycles. The molecule has 14 heavy (non-hydrogen) atoms. The van der Waals surface area contributed by atoms with Crippen LogP contribution in [-0.2, 0) is 0 Å². The molecule has 1 N–H and O–H groups in total. The molecule has 0 aliphatic carbocycles. The third-order valence-corrected chi connectivity index (χ3v) is 1.87. The van der Waals surface area contributed by atoms with E-state index in [4.69, 9.17) is 18.3 Å². The van der Waals surface area contributed by atoms with Crippen molar-refractivity contribution < 1.29 is 5.11 Å². The SMILES string of the molecule is [C-]#[N+]c1ccc(C(C)=CO)cc1[N+]#[C-]. The summed E-state index contributed by atoms with van der Waals surface area (Å²) in [7, 11) is 0. The molecule has 0 bridgehead atoms. The maximum absolute atomic E-state index is 8.78. The molecular weight excluding hydrogens is 176 g/mol. The Balaban J connectivity index is 3.31. The minimum atomic E-state index is 0.318. The zero-order valence-corrected chi connectivity index (χ0v) is 7.65. The van der Waals surface area contributed by atoms with Crippen LogP contribution in [0.15, 0.2) is 24.5 Å². The van der Waals surface area contributed by atoms with Gasteiger partial charge in [-0.1, -0.05) is 18.2 Å². The van der Waals surface area contributed by atoms with Crippen LogP contribution < -0.4 is 0 Å². The van der Waals surface area contributed by atoms with Crippen LogP contribution in [0.1, 0.15) is 12.5 Å². The van der Waals surface area contributed by atoms with E-state index in [1.807, 2.05) is 0 Å². The largest absolute Gasteiger partial charge is 0.515 e. The Morgan fingerprint density at radius 1 is 1.29 bits per heavy atom. The first-order valence-corrected chi connectivity index (χ1v) is 3.93. The minimum Gasteiger partial charge on any atom is -0.515 e. The lowest BCUT2D eigenvalue weighted by Crippen LogP contribution is -1.78. The molecular formula is C11H8N2O. The van der Waals surface area contributed by atoms with Crippen molar-refractivity contribution in [1.29, 1.82) is 0 Å². The first kappa shape index (κ1) is 9.83. The topological polar surface area (TPSA) is 28.9 Å². The van der Waals surface area contributed by atoms with Crippen molar-refractivity contribution in [3.63, 3.8) is 0 Å². The van der Waals surface area contributed by atoms with E-state index in [0.29, 0.717) is 16.9 Å². The molecule has 0 aromatic heterocycles. The Kier molecular flexibility index (Phi) is 2.89. The molecule has 0 aliphatic heterocycles. The second kappa shape index (κ2) is 4.11. The number of hydrogen-bond acceptors (Lipinski definition) is 1. The summed E-state index contributed by atoms with van der Waals surface area (Å²) < 4.78 is 0. The maximum Gasteiger partial charge on any atom is 0.195 e. The minimum absolute atomic E-state index is 0.318. The van der Waals surface area contributed by atoms with Crippen molar-refractivity contribution in [2.24, 2.45) is 0 Å². The summed E-state index contributed by atoms with van der Waals surface area (Å²) in [4.78, 5) is 6.47. The average molecular weight is 184 g/mol. The normalized spacial score (nSPS) is 10.4. The highest BCUT2D eigenvalue weighted by Gasteiger charge is 2.04. The lowest BCUT2D eigenvalue weighted by molar-refractivity contribution is 0.475. The summed E-state index contributed by atoms with van der Waals surface area (Å²) in [6, 6.07) is 4.90. The van der Waals surface area contributed by atoms with Crippen molar-refractivity contribution in [2.75, 3.05) is 0 Å². The van der Waals surface area contributed by atoms with Crippen LogP contribution in [0.3, 0.4) is 0 Å². The van der Waals surface area contributed by atoms with Crippen molar-refractivity contribution in [3.8, 4) is 0 Å². The predicted octanol–water partition coefficient (Wildman–Crippen LogP) is 3.71. The molecule has 0 radical (unpaired) electrons. The lowest BCUT2D eigenvalue weighted by Gasteiger charge is -2.01. The van der Waals surface area contributed by atoms with E-state index < -0.39 is 0 Å². The van der Waals surface area contributed by atoms with Crippen LogP contribution in [0.4, 0.5) is 11.4 Å². The predicted molar refractivity (Wildman–Crippen MR) is 55.2 cm³/mol. The second-order valence-electron chi connectivity index (χ2n) is 2.74. The molecule has 0 aliphatic rings. The van der Waals surface area contributed by atoms with Crippen LogP contribution in [0.25, 0.3) is 15.3 Å². The fourth-order valence-corrected chi connectivity index (χ4v) is 1.03. The second-order valence-corrected chi connectivity index (χ2v) is 2.74. The summed E-state index contributed by atoms with van der Waals surface area (Å²) >= 11 is 0. The van der Waals surface area contributed by atoms with E-state index in [9.17, 15) is 0 Å². The molecule has 68 valence electrons. The summed E-state index contributed by atoms with van der Waals surface area (Å²) in [5, 5.41) is 8.78. The summed E-state index contributed by atoms with van der Waals surface area (Å²) in [5.41, 5.74) is 2.09. The highest BCUT2D eigenvalue weighted by molar-refractivity contribution is 5.76. The first-order chi connectivity index (χ1) is 6.72. The van der Waals surface area contributed by atoms with Gasteiger partial charge < -0.3 is 5.11 Å². The van der Waals surface area contributed by atoms with Crippen LogP contribution in [-0.4, -0.2) is 5.11 Å². The number of hydrogen-bond donors (Lipinski definition) is 1. The summed E-state index contributed by atoms with van der Waals surface area (Å²) in [5.74, 6) is 0. The van der Waals surface area contributed by atoms with Crippen LogP contribution in [0.2, 0.25) is 0 Å². The van der Waals surface area contributed by atoms with Gasteiger partial charge in [0.15, 0.2) is 11.4 Å². The van der Waals surface area contributed by atoms with Crippen molar-refractivity contribution in [1.82, 2.24) is 0 Å². The monoisotopic (exact) mass is 184 g/mol. The fourth-order valence-electron chi connectivity index (χ4n) is 1.03. The van der Waals surface area contributed by atoms with Gasteiger partial charge in [0.1, 0.15) is 0 Å². The van der Waals surface area contributed by atoms with Gasteiger partial charge in [-0.2, -0.15) is 0 Å². The Hall–Kier alpha value is -2.26. The average Bonchev–Trinajstić information content (AvgIpc) is 2.26. The van der Waals surface area contributed by atoms with E-state index >= 15 is 0 Å². The van der Waals surface area contributed by atoms with Crippen molar-refractivity contribution in [2.45, 2.75) is 6.92 Å². The Morgan fingerprint density at radius 2 is 1.93 bits per heavy atom. The molecule has 3 nitrogen and oxygen atoms in total. The van der Waals surface area contributed by atoms with Gasteiger partial charge in [0.05, 0.1) is 19.4 Å². The Bertz CT molecular complexity index is 461. The molecule has 1 aromatic carbocycles. The van der Waals surface area contributed by atoms with Gasteiger partial charge in [-0.3, -0.25) is 9.69 Å². The Labute approximate surface area is 82.6 Å². The van der Waals surface area contributed by atoms with E-state index in [-0.39, 0.29) is 0 Å². The third-order valence-electron chi connectivity index (χ3n) is 1.87. The van der Waals surface area contributed by atoms with Crippen LogP contribution in [0.5, 0.6) is 0 Å². The lowest BCUT2D eigenvalue weighted by atomic mass is 10.1. The maximum atomic E-state index is 8.78. The van der Waals surface area contributed by atoms with Gasteiger partial charge in [-0.15, -0.1) is 0 Å². The van der Waals surface area contributed by atoms with E-state index in [2.05, 4.69) is 9.69 Å². The number of allylic oxidation sites excluding steroid dienone is 1. The molecule has 1 aromatic rings. The molecule has 0 unspecified atom stereocenters. The molecule has 3 heteroatoms. The number of aliphatic hydroxyl groups excluding tert-OH is 1. The number of rotatable bonds is 1. The van der Waals surface area contributed by atoms with Gasteiger partial charge in [-0.05, 0) is 18.1 Å². The molecule has 0 saturated carbocycles. The van der Waals surface area contributed by atoms with Gasteiger partial charge in [0.25, 0.3) is 0 Å². The van der Waals surface area contributed by atoms with Gasteiger partial charge >= 0.3 is 0 Å². The van der Waals surface area contributed by atoms with E-state index in [1.165, 1.54) is 0 Å². The molecule has 0 atom stereocenters. The van der Waals surface area contributed by atoms with Crippen LogP contribution >= 0.6 is 0 Å². The van der Waals surface area contributed by atoms with Crippen LogP contribution in [0, 0.1) is 13.1 Å². The Morgan fingerprint density at radius 3 is 2.43 bits per heavy atom. The highest BCUT2D eigenvalue weighted by Crippen LogP contribution is 2.31. The van der Waals surface area contributed by atoms with E-state index in [1.54, 1.807) is 25.1 Å². The quantitative estimate of drug-likeness (QED) is 0.523. The zero-order chi connectivity index (χ0) is 10.6. The van der Waals surface area contributed by atoms with Crippen molar-refractivity contribution >= 4 is 16.9 Å². The third kappa shape index (κ3) is 1.73. The summed E-state index contributed by atoms with van der Waals surface area (Å²) in [6.45, 7) is 15.4. The smallest absolute Gasteiger partial charge is 0.195 e.